The third-order valence-electron chi connectivity index (χ3n) is 4.61. The summed E-state index contributed by atoms with van der Waals surface area (Å²) < 4.78 is 4.96. The van der Waals surface area contributed by atoms with E-state index >= 15 is 0 Å². The van der Waals surface area contributed by atoms with Gasteiger partial charge in [0.25, 0.3) is 5.91 Å². The average Bonchev–Trinajstić information content (AvgIpc) is 2.62. The van der Waals surface area contributed by atoms with Crippen LogP contribution in [0.3, 0.4) is 0 Å². The van der Waals surface area contributed by atoms with E-state index in [4.69, 9.17) is 4.74 Å². The van der Waals surface area contributed by atoms with Gasteiger partial charge in [0.2, 0.25) is 0 Å². The standard InChI is InChI=1S/C21H23NO3S/c1-4-25-20(24)14-5-8-16(9-6-14)22-19(23)15-7-10-17-18(13-15)26-12-11-21(17,2)3/h5-10,13H,4,11-12H2,1-3H3,(H,22,23). The molecule has 0 fully saturated rings. The molecular formula is C21H23NO3S. The molecule has 0 radical (unpaired) electrons. The predicted octanol–water partition coefficient (Wildman–Crippen LogP) is 4.89. The number of fused-ring (bicyclic) bond motifs is 1. The fourth-order valence-electron chi connectivity index (χ4n) is 3.00. The van der Waals surface area contributed by atoms with Gasteiger partial charge < -0.3 is 10.1 Å². The Morgan fingerprint density at radius 1 is 1.12 bits per heavy atom. The fourth-order valence-corrected chi connectivity index (χ4v) is 4.54. The summed E-state index contributed by atoms with van der Waals surface area (Å²) in [7, 11) is 0. The van der Waals surface area contributed by atoms with Crippen LogP contribution in [0.15, 0.2) is 47.4 Å². The van der Waals surface area contributed by atoms with Crippen LogP contribution in [0.5, 0.6) is 0 Å². The third kappa shape index (κ3) is 3.93. The van der Waals surface area contributed by atoms with Gasteiger partial charge in [-0.2, -0.15) is 0 Å². The fraction of sp³-hybridized carbons (Fsp3) is 0.333. The van der Waals surface area contributed by atoms with Gasteiger partial charge in [0.1, 0.15) is 0 Å². The number of hydrogen-bond donors (Lipinski definition) is 1. The van der Waals surface area contributed by atoms with Gasteiger partial charge in [-0.05, 0) is 66.5 Å². The number of ether oxygens (including phenoxy) is 1. The molecule has 5 heteroatoms. The van der Waals surface area contributed by atoms with Crippen LogP contribution in [-0.4, -0.2) is 24.2 Å². The molecule has 1 N–H and O–H groups in total. The average molecular weight is 369 g/mol. The molecule has 1 aliphatic rings. The Bertz CT molecular complexity index is 828. The SMILES string of the molecule is CCOC(=O)c1ccc(NC(=O)c2ccc3c(c2)SCCC3(C)C)cc1. The molecule has 1 aliphatic heterocycles. The lowest BCUT2D eigenvalue weighted by Crippen LogP contribution is -2.23. The molecule has 2 aromatic rings. The van der Waals surface area contributed by atoms with E-state index in [0.29, 0.717) is 23.4 Å². The molecule has 0 aromatic heterocycles. The zero-order valence-corrected chi connectivity index (χ0v) is 16.1. The summed E-state index contributed by atoms with van der Waals surface area (Å²) in [4.78, 5) is 25.4. The van der Waals surface area contributed by atoms with E-state index < -0.39 is 0 Å². The summed E-state index contributed by atoms with van der Waals surface area (Å²) in [5.41, 5.74) is 3.22. The van der Waals surface area contributed by atoms with Crippen LogP contribution in [0.4, 0.5) is 5.69 Å². The van der Waals surface area contributed by atoms with Gasteiger partial charge in [-0.1, -0.05) is 19.9 Å². The van der Waals surface area contributed by atoms with Crippen molar-refractivity contribution in [1.82, 2.24) is 0 Å². The second-order valence-electron chi connectivity index (χ2n) is 6.95. The molecule has 2 aromatic carbocycles. The van der Waals surface area contributed by atoms with E-state index in [1.807, 2.05) is 23.9 Å². The number of hydrogen-bond acceptors (Lipinski definition) is 4. The van der Waals surface area contributed by atoms with E-state index in [-0.39, 0.29) is 17.3 Å². The van der Waals surface area contributed by atoms with E-state index in [1.165, 1.54) is 10.5 Å². The highest BCUT2D eigenvalue weighted by Crippen LogP contribution is 2.41. The van der Waals surface area contributed by atoms with E-state index in [9.17, 15) is 9.59 Å². The highest BCUT2D eigenvalue weighted by molar-refractivity contribution is 7.99. The van der Waals surface area contributed by atoms with E-state index in [0.717, 1.165) is 12.2 Å². The van der Waals surface area contributed by atoms with Gasteiger partial charge in [0.05, 0.1) is 12.2 Å². The van der Waals surface area contributed by atoms with Gasteiger partial charge in [0, 0.05) is 16.1 Å². The molecule has 0 bridgehead atoms. The molecule has 0 spiro atoms. The Morgan fingerprint density at radius 3 is 2.50 bits per heavy atom. The van der Waals surface area contributed by atoms with Crippen molar-refractivity contribution in [2.75, 3.05) is 17.7 Å². The Balaban J connectivity index is 1.73. The molecule has 1 amide bonds. The monoisotopic (exact) mass is 369 g/mol. The molecule has 136 valence electrons. The van der Waals surface area contributed by atoms with Gasteiger partial charge in [0.15, 0.2) is 0 Å². The second-order valence-corrected chi connectivity index (χ2v) is 8.08. The number of thioether (sulfide) groups is 1. The van der Waals surface area contributed by atoms with Crippen LogP contribution >= 0.6 is 11.8 Å². The molecule has 4 nitrogen and oxygen atoms in total. The lowest BCUT2D eigenvalue weighted by atomic mass is 9.81. The number of carbonyl (C=O) groups excluding carboxylic acids is 2. The van der Waals surface area contributed by atoms with Gasteiger partial charge in [-0.15, -0.1) is 11.8 Å². The summed E-state index contributed by atoms with van der Waals surface area (Å²) >= 11 is 1.81. The number of anilines is 1. The zero-order chi connectivity index (χ0) is 18.7. The van der Waals surface area contributed by atoms with Crippen LogP contribution in [0, 0.1) is 0 Å². The van der Waals surface area contributed by atoms with Crippen LogP contribution in [-0.2, 0) is 10.2 Å². The Morgan fingerprint density at radius 2 is 1.81 bits per heavy atom. The first-order valence-electron chi connectivity index (χ1n) is 8.76. The molecular weight excluding hydrogens is 346 g/mol. The molecule has 0 atom stereocenters. The number of carbonyl (C=O) groups is 2. The van der Waals surface area contributed by atoms with Crippen molar-refractivity contribution in [1.29, 1.82) is 0 Å². The summed E-state index contributed by atoms with van der Waals surface area (Å²) in [6.07, 6.45) is 1.14. The molecule has 0 saturated heterocycles. The second kappa shape index (κ2) is 7.54. The highest BCUT2D eigenvalue weighted by Gasteiger charge is 2.28. The molecule has 0 saturated carbocycles. The molecule has 3 rings (SSSR count). The van der Waals surface area contributed by atoms with Crippen molar-refractivity contribution in [3.63, 3.8) is 0 Å². The van der Waals surface area contributed by atoms with Crippen molar-refractivity contribution < 1.29 is 14.3 Å². The number of esters is 1. The lowest BCUT2D eigenvalue weighted by Gasteiger charge is -2.32. The van der Waals surface area contributed by atoms with Gasteiger partial charge in [-0.25, -0.2) is 4.79 Å². The third-order valence-corrected chi connectivity index (χ3v) is 5.67. The largest absolute Gasteiger partial charge is 0.462 e. The Labute approximate surface area is 158 Å². The first-order valence-corrected chi connectivity index (χ1v) is 9.75. The number of benzene rings is 2. The quantitative estimate of drug-likeness (QED) is 0.780. The molecule has 0 unspecified atom stereocenters. The predicted molar refractivity (Wildman–Crippen MR) is 105 cm³/mol. The minimum Gasteiger partial charge on any atom is -0.462 e. The van der Waals surface area contributed by atoms with Crippen molar-refractivity contribution in [3.8, 4) is 0 Å². The topological polar surface area (TPSA) is 55.4 Å². The van der Waals surface area contributed by atoms with Crippen LogP contribution in [0.25, 0.3) is 0 Å². The number of amides is 1. The van der Waals surface area contributed by atoms with Gasteiger partial charge in [-0.3, -0.25) is 4.79 Å². The van der Waals surface area contributed by atoms with Crippen molar-refractivity contribution in [2.24, 2.45) is 0 Å². The first kappa shape index (κ1) is 18.5. The van der Waals surface area contributed by atoms with Crippen LogP contribution in [0.1, 0.15) is 53.5 Å². The summed E-state index contributed by atoms with van der Waals surface area (Å²) in [6.45, 7) is 6.60. The van der Waals surface area contributed by atoms with E-state index in [1.54, 1.807) is 31.2 Å². The maximum Gasteiger partial charge on any atom is 0.338 e. The van der Waals surface area contributed by atoms with Gasteiger partial charge >= 0.3 is 5.97 Å². The minimum absolute atomic E-state index is 0.151. The zero-order valence-electron chi connectivity index (χ0n) is 15.3. The smallest absolute Gasteiger partial charge is 0.338 e. The minimum atomic E-state index is -0.361. The van der Waals surface area contributed by atoms with E-state index in [2.05, 4.69) is 25.2 Å². The molecule has 26 heavy (non-hydrogen) atoms. The maximum absolute atomic E-state index is 12.6. The van der Waals surface area contributed by atoms with Crippen molar-refractivity contribution in [3.05, 3.63) is 59.2 Å². The highest BCUT2D eigenvalue weighted by atomic mass is 32.2. The Kier molecular flexibility index (Phi) is 5.37. The number of rotatable bonds is 4. The van der Waals surface area contributed by atoms with Crippen molar-refractivity contribution in [2.45, 2.75) is 37.5 Å². The molecule has 0 aliphatic carbocycles. The summed E-state index contributed by atoms with van der Waals surface area (Å²) in [5.74, 6) is 0.556. The number of nitrogens with one attached hydrogen (secondary N) is 1. The van der Waals surface area contributed by atoms with Crippen molar-refractivity contribution >= 4 is 29.3 Å². The normalized spacial score (nSPS) is 15.0. The summed E-state index contributed by atoms with van der Waals surface area (Å²) in [6, 6.07) is 12.6. The Hall–Kier alpha value is -2.27. The molecule has 1 heterocycles. The lowest BCUT2D eigenvalue weighted by molar-refractivity contribution is 0.0526. The van der Waals surface area contributed by atoms with Crippen LogP contribution in [0.2, 0.25) is 0 Å². The first-order chi connectivity index (χ1) is 12.4. The maximum atomic E-state index is 12.6. The van der Waals surface area contributed by atoms with Crippen LogP contribution < -0.4 is 5.32 Å². The summed E-state index contributed by atoms with van der Waals surface area (Å²) in [5, 5.41) is 2.88.